The molecule has 5 nitrogen and oxygen atoms in total. The van der Waals surface area contributed by atoms with Crippen LogP contribution in [0.1, 0.15) is 13.8 Å². The Bertz CT molecular complexity index is 216. The molecule has 0 amide bonds. The molecule has 0 aliphatic carbocycles. The first-order valence-electron chi connectivity index (χ1n) is 3.68. The van der Waals surface area contributed by atoms with Gasteiger partial charge in [-0.05, 0) is 13.8 Å². The number of rotatable bonds is 3. The van der Waals surface area contributed by atoms with Gasteiger partial charge in [-0.2, -0.15) is 5.10 Å². The number of thioether (sulfide) groups is 1. The Labute approximate surface area is 81.9 Å². The van der Waals surface area contributed by atoms with Crippen molar-refractivity contribution in [1.29, 1.82) is 0 Å². The Hall–Kier alpha value is -0.910. The molecule has 0 aliphatic rings. The maximum atomic E-state index is 11.2. The number of methoxy groups -OCH3 is 1. The summed E-state index contributed by atoms with van der Waals surface area (Å²) in [5.74, 6) is 5.15. The van der Waals surface area contributed by atoms with E-state index in [0.717, 1.165) is 0 Å². The SMILES string of the molecule is COC(=O)C(C)(C)CSC(N)=NN. The predicted octanol–water partition coefficient (Wildman–Crippen LogP) is 0.107. The number of carbonyl (C=O) groups is 1. The zero-order chi connectivity index (χ0) is 10.5. The monoisotopic (exact) mass is 205 g/mol. The molecular weight excluding hydrogens is 190 g/mol. The second-order valence-electron chi connectivity index (χ2n) is 3.13. The van der Waals surface area contributed by atoms with Crippen molar-refractivity contribution in [3.8, 4) is 0 Å². The van der Waals surface area contributed by atoms with Crippen LogP contribution >= 0.6 is 11.8 Å². The molecule has 0 rings (SSSR count). The molecular formula is C7H15N3O2S. The molecule has 0 unspecified atom stereocenters. The van der Waals surface area contributed by atoms with E-state index in [2.05, 4.69) is 9.84 Å². The Kier molecular flexibility index (Phi) is 4.61. The van der Waals surface area contributed by atoms with Gasteiger partial charge in [0.25, 0.3) is 0 Å². The fourth-order valence-electron chi connectivity index (χ4n) is 0.627. The van der Waals surface area contributed by atoms with Crippen molar-refractivity contribution < 1.29 is 9.53 Å². The first kappa shape index (κ1) is 12.1. The second-order valence-corrected chi connectivity index (χ2v) is 4.13. The van der Waals surface area contributed by atoms with Gasteiger partial charge in [0.2, 0.25) is 0 Å². The molecule has 0 bridgehead atoms. The summed E-state index contributed by atoms with van der Waals surface area (Å²) < 4.78 is 4.62. The first-order chi connectivity index (χ1) is 5.94. The lowest BCUT2D eigenvalue weighted by Gasteiger charge is -2.19. The summed E-state index contributed by atoms with van der Waals surface area (Å²) in [7, 11) is 1.36. The van der Waals surface area contributed by atoms with Crippen LogP contribution in [0.5, 0.6) is 0 Å². The minimum Gasteiger partial charge on any atom is -0.469 e. The molecule has 0 atom stereocenters. The molecule has 0 aromatic rings. The second kappa shape index (κ2) is 4.96. The number of hydrogen-bond acceptors (Lipinski definition) is 5. The summed E-state index contributed by atoms with van der Waals surface area (Å²) in [5, 5.41) is 3.54. The Morgan fingerprint density at radius 1 is 1.62 bits per heavy atom. The lowest BCUT2D eigenvalue weighted by molar-refractivity contribution is -0.149. The summed E-state index contributed by atoms with van der Waals surface area (Å²) in [4.78, 5) is 11.2. The zero-order valence-corrected chi connectivity index (χ0v) is 8.85. The molecule has 0 fully saturated rings. The molecule has 13 heavy (non-hydrogen) atoms. The van der Waals surface area contributed by atoms with Gasteiger partial charge in [0.05, 0.1) is 12.5 Å². The fraction of sp³-hybridized carbons (Fsp3) is 0.714. The molecule has 76 valence electrons. The molecule has 0 saturated carbocycles. The molecule has 0 heterocycles. The van der Waals surface area contributed by atoms with Crippen LogP contribution in [0.15, 0.2) is 5.10 Å². The van der Waals surface area contributed by atoms with E-state index in [0.29, 0.717) is 5.75 Å². The third-order valence-electron chi connectivity index (χ3n) is 1.45. The van der Waals surface area contributed by atoms with E-state index >= 15 is 0 Å². The minimum atomic E-state index is -0.575. The van der Waals surface area contributed by atoms with Crippen molar-refractivity contribution in [3.05, 3.63) is 0 Å². The highest BCUT2D eigenvalue weighted by Gasteiger charge is 2.28. The number of nitrogens with two attached hydrogens (primary N) is 2. The lowest BCUT2D eigenvalue weighted by atomic mass is 9.97. The molecule has 0 spiro atoms. The van der Waals surface area contributed by atoms with Crippen LogP contribution in [0.3, 0.4) is 0 Å². The Balaban J connectivity index is 4.11. The maximum Gasteiger partial charge on any atom is 0.312 e. The van der Waals surface area contributed by atoms with E-state index in [4.69, 9.17) is 11.6 Å². The van der Waals surface area contributed by atoms with Crippen molar-refractivity contribution in [2.45, 2.75) is 13.8 Å². The van der Waals surface area contributed by atoms with E-state index in [1.54, 1.807) is 13.8 Å². The van der Waals surface area contributed by atoms with Gasteiger partial charge in [-0.15, -0.1) is 0 Å². The van der Waals surface area contributed by atoms with E-state index in [1.807, 2.05) is 0 Å². The summed E-state index contributed by atoms with van der Waals surface area (Å²) in [6, 6.07) is 0. The van der Waals surface area contributed by atoms with Crippen molar-refractivity contribution in [1.82, 2.24) is 0 Å². The lowest BCUT2D eigenvalue weighted by Crippen LogP contribution is -2.29. The Morgan fingerprint density at radius 3 is 2.54 bits per heavy atom. The first-order valence-corrected chi connectivity index (χ1v) is 4.67. The largest absolute Gasteiger partial charge is 0.469 e. The van der Waals surface area contributed by atoms with Gasteiger partial charge in [-0.25, -0.2) is 0 Å². The van der Waals surface area contributed by atoms with Gasteiger partial charge >= 0.3 is 5.97 Å². The number of amidine groups is 1. The van der Waals surface area contributed by atoms with E-state index in [9.17, 15) is 4.79 Å². The molecule has 4 N–H and O–H groups in total. The smallest absolute Gasteiger partial charge is 0.312 e. The van der Waals surface area contributed by atoms with Gasteiger partial charge in [-0.1, -0.05) is 11.8 Å². The van der Waals surface area contributed by atoms with Gasteiger partial charge in [0.1, 0.15) is 0 Å². The van der Waals surface area contributed by atoms with E-state index < -0.39 is 5.41 Å². The number of nitrogens with zero attached hydrogens (tertiary/aromatic N) is 1. The third kappa shape index (κ3) is 4.02. The fourth-order valence-corrected chi connectivity index (χ4v) is 1.33. The number of hydrogen-bond donors (Lipinski definition) is 2. The average molecular weight is 205 g/mol. The minimum absolute atomic E-state index is 0.261. The van der Waals surface area contributed by atoms with Crippen LogP contribution in [0.2, 0.25) is 0 Å². The number of ether oxygens (including phenoxy) is 1. The van der Waals surface area contributed by atoms with Crippen LogP contribution in [0, 0.1) is 5.41 Å². The van der Waals surface area contributed by atoms with Crippen LogP contribution < -0.4 is 11.6 Å². The highest BCUT2D eigenvalue weighted by atomic mass is 32.2. The van der Waals surface area contributed by atoms with Gasteiger partial charge in [0, 0.05) is 5.75 Å². The topological polar surface area (TPSA) is 90.7 Å². The van der Waals surface area contributed by atoms with Gasteiger partial charge in [0.15, 0.2) is 5.17 Å². The van der Waals surface area contributed by atoms with Crippen LogP contribution in [0.25, 0.3) is 0 Å². The maximum absolute atomic E-state index is 11.2. The normalized spacial score (nSPS) is 12.7. The summed E-state index contributed by atoms with van der Waals surface area (Å²) >= 11 is 1.23. The van der Waals surface area contributed by atoms with Crippen LogP contribution in [0.4, 0.5) is 0 Å². The van der Waals surface area contributed by atoms with Crippen LogP contribution in [-0.2, 0) is 9.53 Å². The van der Waals surface area contributed by atoms with Crippen LogP contribution in [-0.4, -0.2) is 24.0 Å². The summed E-state index contributed by atoms with van der Waals surface area (Å²) in [6.07, 6.45) is 0. The van der Waals surface area contributed by atoms with E-state index in [1.165, 1.54) is 18.9 Å². The summed E-state index contributed by atoms with van der Waals surface area (Å²) in [5.41, 5.74) is 4.78. The van der Waals surface area contributed by atoms with Gasteiger partial charge < -0.3 is 16.3 Å². The molecule has 0 radical (unpaired) electrons. The van der Waals surface area contributed by atoms with Crippen molar-refractivity contribution in [2.24, 2.45) is 22.1 Å². The standard InChI is InChI=1S/C7H15N3O2S/c1-7(2,5(11)12-3)4-13-6(8)10-9/h4,9H2,1-3H3,(H2,8,10). The molecule has 0 saturated heterocycles. The molecule has 0 aliphatic heterocycles. The zero-order valence-electron chi connectivity index (χ0n) is 8.03. The third-order valence-corrected chi connectivity index (χ3v) is 2.71. The number of carbonyl (C=O) groups excluding carboxylic acids is 1. The quantitative estimate of drug-likeness (QED) is 0.224. The van der Waals surface area contributed by atoms with Crippen molar-refractivity contribution in [2.75, 3.05) is 12.9 Å². The molecule has 0 aromatic heterocycles. The number of hydrazone groups is 1. The molecule has 0 aromatic carbocycles. The average Bonchev–Trinajstić information content (AvgIpc) is 2.12. The number of esters is 1. The summed E-state index contributed by atoms with van der Waals surface area (Å²) in [6.45, 7) is 3.55. The Morgan fingerprint density at radius 2 is 2.15 bits per heavy atom. The van der Waals surface area contributed by atoms with E-state index in [-0.39, 0.29) is 11.1 Å². The molecule has 6 heteroatoms. The highest BCUT2D eigenvalue weighted by molar-refractivity contribution is 8.13. The van der Waals surface area contributed by atoms with Gasteiger partial charge in [-0.3, -0.25) is 4.79 Å². The van der Waals surface area contributed by atoms with Crippen molar-refractivity contribution in [3.63, 3.8) is 0 Å². The predicted molar refractivity (Wildman–Crippen MR) is 54.1 cm³/mol. The highest BCUT2D eigenvalue weighted by Crippen LogP contribution is 2.22. The van der Waals surface area contributed by atoms with Crippen molar-refractivity contribution >= 4 is 22.9 Å².